The Hall–Kier alpha value is -3.12. The van der Waals surface area contributed by atoms with Crippen LogP contribution in [0.5, 0.6) is 5.75 Å². The molecule has 0 aliphatic rings. The van der Waals surface area contributed by atoms with Crippen molar-refractivity contribution in [1.82, 2.24) is 9.97 Å². The molecule has 0 unspecified atom stereocenters. The minimum Gasteiger partial charge on any atom is -0.492 e. The summed E-state index contributed by atoms with van der Waals surface area (Å²) in [6.45, 7) is 2.47. The van der Waals surface area contributed by atoms with E-state index in [9.17, 15) is 4.79 Å². The van der Waals surface area contributed by atoms with Crippen molar-refractivity contribution < 1.29 is 9.53 Å². The van der Waals surface area contributed by atoms with Gasteiger partial charge in [0.2, 0.25) is 0 Å². The lowest BCUT2D eigenvalue weighted by Crippen LogP contribution is -2.14. The van der Waals surface area contributed by atoms with E-state index in [4.69, 9.17) is 16.3 Å². The normalized spacial score (nSPS) is 10.2. The molecule has 3 aromatic rings. The predicted octanol–water partition coefficient (Wildman–Crippen LogP) is 4.52. The van der Waals surface area contributed by atoms with Crippen molar-refractivity contribution in [3.8, 4) is 5.75 Å². The number of carbonyl (C=O) groups excluding carboxylic acids is 1. The second kappa shape index (κ2) is 8.31. The van der Waals surface area contributed by atoms with Crippen molar-refractivity contribution in [2.45, 2.75) is 6.92 Å². The number of rotatable bonds is 6. The lowest BCUT2D eigenvalue weighted by Gasteiger charge is -2.12. The van der Waals surface area contributed by atoms with Crippen molar-refractivity contribution in [2.75, 3.05) is 17.2 Å². The van der Waals surface area contributed by atoms with Crippen LogP contribution in [0.3, 0.4) is 0 Å². The number of anilines is 3. The van der Waals surface area contributed by atoms with E-state index in [1.165, 1.54) is 6.33 Å². The molecule has 3 rings (SSSR count). The van der Waals surface area contributed by atoms with E-state index >= 15 is 0 Å². The molecule has 0 spiro atoms. The molecule has 0 fully saturated rings. The molecule has 0 saturated carbocycles. The molecule has 0 saturated heterocycles. The van der Waals surface area contributed by atoms with Crippen LogP contribution < -0.4 is 15.4 Å². The molecule has 2 aromatic carbocycles. The van der Waals surface area contributed by atoms with Crippen molar-refractivity contribution in [1.29, 1.82) is 0 Å². The molecule has 0 aliphatic carbocycles. The minimum atomic E-state index is -0.337. The first kappa shape index (κ1) is 17.7. The highest BCUT2D eigenvalue weighted by Gasteiger charge is 2.10. The Kier molecular flexibility index (Phi) is 5.66. The van der Waals surface area contributed by atoms with Crippen molar-refractivity contribution >= 4 is 34.7 Å². The Labute approximate surface area is 156 Å². The third-order valence-corrected chi connectivity index (χ3v) is 3.70. The van der Waals surface area contributed by atoms with Gasteiger partial charge in [0, 0.05) is 16.8 Å². The van der Waals surface area contributed by atoms with Crippen LogP contribution in [0.4, 0.5) is 17.2 Å². The van der Waals surface area contributed by atoms with Crippen LogP contribution in [0.15, 0.2) is 60.9 Å². The first-order valence-corrected chi connectivity index (χ1v) is 8.41. The average Bonchev–Trinajstić information content (AvgIpc) is 2.66. The summed E-state index contributed by atoms with van der Waals surface area (Å²) in [7, 11) is 0. The van der Waals surface area contributed by atoms with Crippen LogP contribution in [-0.4, -0.2) is 22.5 Å². The third kappa shape index (κ3) is 4.49. The maximum absolute atomic E-state index is 12.4. The standard InChI is InChI=1S/C19H17ClN4O2/c1-2-26-17-6-4-3-5-15(17)24-18-11-16(21-12-22-18)19(25)23-14-9-7-13(20)8-10-14/h3-12H,2H2,1H3,(H,23,25)(H,21,22,24). The van der Waals surface area contributed by atoms with Gasteiger partial charge in [0.1, 0.15) is 23.6 Å². The highest BCUT2D eigenvalue weighted by Crippen LogP contribution is 2.26. The first-order valence-electron chi connectivity index (χ1n) is 8.03. The van der Waals surface area contributed by atoms with Gasteiger partial charge in [-0.2, -0.15) is 0 Å². The van der Waals surface area contributed by atoms with Crippen molar-refractivity contribution in [3.63, 3.8) is 0 Å². The van der Waals surface area contributed by atoms with Gasteiger partial charge in [-0.15, -0.1) is 0 Å². The quantitative estimate of drug-likeness (QED) is 0.668. The molecule has 0 radical (unpaired) electrons. The maximum atomic E-state index is 12.4. The number of nitrogens with one attached hydrogen (secondary N) is 2. The lowest BCUT2D eigenvalue weighted by atomic mass is 10.2. The van der Waals surface area contributed by atoms with Gasteiger partial charge in [0.05, 0.1) is 12.3 Å². The summed E-state index contributed by atoms with van der Waals surface area (Å²) in [4.78, 5) is 20.6. The van der Waals surface area contributed by atoms with Crippen molar-refractivity contribution in [2.24, 2.45) is 0 Å². The second-order valence-electron chi connectivity index (χ2n) is 5.30. The summed E-state index contributed by atoms with van der Waals surface area (Å²) in [5, 5.41) is 6.52. The molecule has 26 heavy (non-hydrogen) atoms. The Balaban J connectivity index is 1.76. The zero-order chi connectivity index (χ0) is 18.4. The molecule has 0 bridgehead atoms. The largest absolute Gasteiger partial charge is 0.492 e. The Morgan fingerprint density at radius 2 is 1.88 bits per heavy atom. The minimum absolute atomic E-state index is 0.242. The van der Waals surface area contributed by atoms with E-state index in [0.29, 0.717) is 28.9 Å². The number of aromatic nitrogens is 2. The van der Waals surface area contributed by atoms with Crippen molar-refractivity contribution in [3.05, 3.63) is 71.6 Å². The van der Waals surface area contributed by atoms with E-state index in [1.807, 2.05) is 31.2 Å². The van der Waals surface area contributed by atoms with Gasteiger partial charge >= 0.3 is 0 Å². The number of amides is 1. The molecular formula is C19H17ClN4O2. The molecule has 6 nitrogen and oxygen atoms in total. The fourth-order valence-corrected chi connectivity index (χ4v) is 2.39. The summed E-state index contributed by atoms with van der Waals surface area (Å²) in [6.07, 6.45) is 1.34. The molecule has 7 heteroatoms. The molecule has 132 valence electrons. The maximum Gasteiger partial charge on any atom is 0.274 e. The monoisotopic (exact) mass is 368 g/mol. The lowest BCUT2D eigenvalue weighted by molar-refractivity contribution is 0.102. The fourth-order valence-electron chi connectivity index (χ4n) is 2.27. The molecule has 1 aromatic heterocycles. The number of ether oxygens (including phenoxy) is 1. The number of nitrogens with zero attached hydrogens (tertiary/aromatic N) is 2. The van der Waals surface area contributed by atoms with E-state index in [-0.39, 0.29) is 11.6 Å². The molecule has 2 N–H and O–H groups in total. The Morgan fingerprint density at radius 3 is 2.65 bits per heavy atom. The van der Waals surface area contributed by atoms with Gasteiger partial charge in [-0.1, -0.05) is 23.7 Å². The molecule has 1 heterocycles. The molecule has 0 aliphatic heterocycles. The topological polar surface area (TPSA) is 76.1 Å². The average molecular weight is 369 g/mol. The highest BCUT2D eigenvalue weighted by atomic mass is 35.5. The van der Waals surface area contributed by atoms with Gasteiger partial charge < -0.3 is 15.4 Å². The van der Waals surface area contributed by atoms with Crippen LogP contribution in [0, 0.1) is 0 Å². The predicted molar refractivity (Wildman–Crippen MR) is 102 cm³/mol. The molecule has 1 amide bonds. The summed E-state index contributed by atoms with van der Waals surface area (Å²) < 4.78 is 5.58. The van der Waals surface area contributed by atoms with Gasteiger partial charge in [-0.05, 0) is 43.3 Å². The third-order valence-electron chi connectivity index (χ3n) is 3.45. The number of halogens is 1. The number of para-hydroxylation sites is 2. The Bertz CT molecular complexity index is 900. The Morgan fingerprint density at radius 1 is 1.12 bits per heavy atom. The summed E-state index contributed by atoms with van der Waals surface area (Å²) in [5.41, 5.74) is 1.64. The number of carbonyl (C=O) groups is 1. The smallest absolute Gasteiger partial charge is 0.274 e. The van der Waals surface area contributed by atoms with Crippen LogP contribution in [-0.2, 0) is 0 Å². The van der Waals surface area contributed by atoms with E-state index in [1.54, 1.807) is 30.3 Å². The van der Waals surface area contributed by atoms with Gasteiger partial charge in [-0.3, -0.25) is 4.79 Å². The van der Waals surface area contributed by atoms with Crippen LogP contribution in [0.1, 0.15) is 17.4 Å². The van der Waals surface area contributed by atoms with E-state index in [0.717, 1.165) is 5.69 Å². The van der Waals surface area contributed by atoms with Gasteiger partial charge in [0.25, 0.3) is 5.91 Å². The summed E-state index contributed by atoms with van der Waals surface area (Å²) >= 11 is 5.85. The van der Waals surface area contributed by atoms with Gasteiger partial charge in [-0.25, -0.2) is 9.97 Å². The summed E-state index contributed by atoms with van der Waals surface area (Å²) in [5.74, 6) is 0.866. The number of hydrogen-bond acceptors (Lipinski definition) is 5. The number of benzene rings is 2. The van der Waals surface area contributed by atoms with E-state index < -0.39 is 0 Å². The zero-order valence-corrected chi connectivity index (χ0v) is 14.8. The SMILES string of the molecule is CCOc1ccccc1Nc1cc(C(=O)Nc2ccc(Cl)cc2)ncn1. The molecule has 0 atom stereocenters. The highest BCUT2D eigenvalue weighted by molar-refractivity contribution is 6.30. The second-order valence-corrected chi connectivity index (χ2v) is 5.74. The zero-order valence-electron chi connectivity index (χ0n) is 14.1. The summed E-state index contributed by atoms with van der Waals surface area (Å²) in [6, 6.07) is 15.9. The van der Waals surface area contributed by atoms with Crippen LogP contribution >= 0.6 is 11.6 Å². The van der Waals surface area contributed by atoms with Gasteiger partial charge in [0.15, 0.2) is 0 Å². The molecular weight excluding hydrogens is 352 g/mol. The van der Waals surface area contributed by atoms with Crippen LogP contribution in [0.2, 0.25) is 5.02 Å². The first-order chi connectivity index (χ1) is 12.7. The van der Waals surface area contributed by atoms with Crippen LogP contribution in [0.25, 0.3) is 0 Å². The van der Waals surface area contributed by atoms with E-state index in [2.05, 4.69) is 20.6 Å². The fraction of sp³-hybridized carbons (Fsp3) is 0.105. The number of hydrogen-bond donors (Lipinski definition) is 2.